The van der Waals surface area contributed by atoms with Crippen LogP contribution in [0.25, 0.3) is 10.2 Å². The van der Waals surface area contributed by atoms with Crippen molar-refractivity contribution in [3.8, 4) is 5.75 Å². The second-order valence-corrected chi connectivity index (χ2v) is 3.86. The van der Waals surface area contributed by atoms with Crippen LogP contribution in [0.4, 0.5) is 9.52 Å². The number of anilines is 1. The first-order valence-corrected chi connectivity index (χ1v) is 4.52. The highest BCUT2D eigenvalue weighted by molar-refractivity contribution is 8.93. The number of phenolic OH excluding ortho intramolecular Hbond substituents is 1. The summed E-state index contributed by atoms with van der Waals surface area (Å²) >= 11 is 6.74. The summed E-state index contributed by atoms with van der Waals surface area (Å²) in [5.74, 6) is -1.35. The zero-order valence-electron chi connectivity index (χ0n) is 6.62. The minimum atomic E-state index is -0.862. The molecule has 7 heteroatoms. The van der Waals surface area contributed by atoms with Crippen LogP contribution in [-0.4, -0.2) is 10.1 Å². The monoisotopic (exact) mass is 298 g/mol. The molecule has 2 aromatic rings. The molecule has 1 heterocycles. The van der Waals surface area contributed by atoms with Gasteiger partial charge < -0.3 is 10.8 Å². The number of aromatic nitrogens is 1. The Balaban J connectivity index is 0.000000980. The topological polar surface area (TPSA) is 59.1 Å². The molecule has 0 unspecified atom stereocenters. The number of fused-ring (bicyclic) bond motifs is 1. The van der Waals surface area contributed by atoms with Gasteiger partial charge in [0.1, 0.15) is 10.5 Å². The predicted octanol–water partition coefficient (Wildman–Crippen LogP) is 2.95. The van der Waals surface area contributed by atoms with Crippen molar-refractivity contribution < 1.29 is 9.50 Å². The Labute approximate surface area is 98.1 Å². The van der Waals surface area contributed by atoms with E-state index >= 15 is 0 Å². The van der Waals surface area contributed by atoms with Gasteiger partial charge in [0, 0.05) is 6.07 Å². The molecule has 0 amide bonds. The van der Waals surface area contributed by atoms with E-state index in [4.69, 9.17) is 22.4 Å². The Bertz CT molecular complexity index is 490. The van der Waals surface area contributed by atoms with Crippen LogP contribution in [0.2, 0.25) is 5.02 Å². The van der Waals surface area contributed by atoms with Gasteiger partial charge in [-0.15, -0.1) is 17.0 Å². The summed E-state index contributed by atoms with van der Waals surface area (Å²) in [6, 6.07) is 1.25. The standard InChI is InChI=1S/C7H4ClFN2OS.BrH/c8-4-5(9)2(12)1-3-6(4)11-7(10)13-3;/h1,12H,(H2,10,11);1H. The molecule has 0 radical (unpaired) electrons. The summed E-state index contributed by atoms with van der Waals surface area (Å²) in [6.07, 6.45) is 0. The molecule has 0 aliphatic heterocycles. The normalized spacial score (nSPS) is 10.1. The van der Waals surface area contributed by atoms with E-state index in [1.54, 1.807) is 0 Å². The van der Waals surface area contributed by atoms with Gasteiger partial charge in [0.2, 0.25) is 0 Å². The molecule has 76 valence electrons. The van der Waals surface area contributed by atoms with E-state index in [1.807, 2.05) is 0 Å². The van der Waals surface area contributed by atoms with Crippen molar-refractivity contribution in [2.45, 2.75) is 0 Å². The number of halogens is 3. The first-order chi connectivity index (χ1) is 6.09. The summed E-state index contributed by atoms with van der Waals surface area (Å²) in [7, 11) is 0. The van der Waals surface area contributed by atoms with E-state index in [0.29, 0.717) is 15.3 Å². The van der Waals surface area contributed by atoms with Crippen molar-refractivity contribution in [3.05, 3.63) is 16.9 Å². The average Bonchev–Trinajstić information content (AvgIpc) is 2.42. The minimum Gasteiger partial charge on any atom is -0.505 e. The van der Waals surface area contributed by atoms with Gasteiger partial charge in [0.15, 0.2) is 16.7 Å². The Morgan fingerprint density at radius 3 is 2.86 bits per heavy atom. The Kier molecular flexibility index (Phi) is 3.18. The maximum absolute atomic E-state index is 13.0. The molecule has 1 aromatic heterocycles. The summed E-state index contributed by atoms with van der Waals surface area (Å²) in [5.41, 5.74) is 5.70. The molecule has 0 aliphatic rings. The van der Waals surface area contributed by atoms with Crippen LogP contribution in [0.5, 0.6) is 5.75 Å². The smallest absolute Gasteiger partial charge is 0.185 e. The van der Waals surface area contributed by atoms with Gasteiger partial charge in [-0.05, 0) is 0 Å². The molecule has 0 aliphatic carbocycles. The number of thiazole rings is 1. The average molecular weight is 300 g/mol. The van der Waals surface area contributed by atoms with Gasteiger partial charge in [0.25, 0.3) is 0 Å². The van der Waals surface area contributed by atoms with Gasteiger partial charge in [-0.25, -0.2) is 9.37 Å². The maximum atomic E-state index is 13.0. The zero-order valence-corrected chi connectivity index (χ0v) is 9.91. The SMILES string of the molecule is Br.Nc1nc2c(Cl)c(F)c(O)cc2s1. The molecule has 1 aromatic carbocycles. The van der Waals surface area contributed by atoms with E-state index < -0.39 is 11.6 Å². The molecule has 3 nitrogen and oxygen atoms in total. The molecule has 0 saturated carbocycles. The van der Waals surface area contributed by atoms with E-state index in [2.05, 4.69) is 4.98 Å². The molecule has 0 fully saturated rings. The molecular formula is C7H5BrClFN2OS. The summed E-state index contributed by atoms with van der Waals surface area (Å²) in [6.45, 7) is 0. The molecule has 0 saturated heterocycles. The number of hydrogen-bond acceptors (Lipinski definition) is 4. The van der Waals surface area contributed by atoms with Crippen LogP contribution >= 0.6 is 39.9 Å². The quantitative estimate of drug-likeness (QED) is 0.786. The number of aromatic hydroxyl groups is 1. The number of hydrogen-bond donors (Lipinski definition) is 2. The van der Waals surface area contributed by atoms with Gasteiger partial charge in [-0.3, -0.25) is 0 Å². The van der Waals surface area contributed by atoms with Crippen LogP contribution in [0.15, 0.2) is 6.07 Å². The fraction of sp³-hybridized carbons (Fsp3) is 0. The Hall–Kier alpha value is -0.590. The fourth-order valence-corrected chi connectivity index (χ4v) is 2.08. The predicted molar refractivity (Wildman–Crippen MR) is 61.0 cm³/mol. The van der Waals surface area contributed by atoms with Crippen molar-refractivity contribution in [1.29, 1.82) is 0 Å². The van der Waals surface area contributed by atoms with Gasteiger partial charge >= 0.3 is 0 Å². The molecule has 0 spiro atoms. The Morgan fingerprint density at radius 1 is 1.57 bits per heavy atom. The number of phenols is 1. The molecule has 2 rings (SSSR count). The molecular weight excluding hydrogens is 295 g/mol. The summed E-state index contributed by atoms with van der Waals surface area (Å²) in [5, 5.41) is 9.19. The van der Waals surface area contributed by atoms with Crippen molar-refractivity contribution in [2.24, 2.45) is 0 Å². The third-order valence-corrected chi connectivity index (χ3v) is 2.74. The lowest BCUT2D eigenvalue weighted by Crippen LogP contribution is -1.82. The van der Waals surface area contributed by atoms with Crippen LogP contribution < -0.4 is 5.73 Å². The lowest BCUT2D eigenvalue weighted by molar-refractivity contribution is 0.434. The van der Waals surface area contributed by atoms with E-state index in [9.17, 15) is 4.39 Å². The molecule has 3 N–H and O–H groups in total. The Morgan fingerprint density at radius 2 is 2.21 bits per heavy atom. The number of nitrogens with two attached hydrogens (primary N) is 1. The number of rotatable bonds is 0. The summed E-state index contributed by atoms with van der Waals surface area (Å²) in [4.78, 5) is 3.83. The fourth-order valence-electron chi connectivity index (χ4n) is 1.01. The van der Waals surface area contributed by atoms with Crippen molar-refractivity contribution in [1.82, 2.24) is 4.98 Å². The van der Waals surface area contributed by atoms with Crippen molar-refractivity contribution >= 4 is 55.3 Å². The van der Waals surface area contributed by atoms with E-state index in [-0.39, 0.29) is 22.0 Å². The van der Waals surface area contributed by atoms with E-state index in [0.717, 1.165) is 11.3 Å². The first-order valence-electron chi connectivity index (χ1n) is 3.32. The van der Waals surface area contributed by atoms with Crippen molar-refractivity contribution in [3.63, 3.8) is 0 Å². The summed E-state index contributed by atoms with van der Waals surface area (Å²) < 4.78 is 13.6. The van der Waals surface area contributed by atoms with Crippen LogP contribution in [-0.2, 0) is 0 Å². The zero-order chi connectivity index (χ0) is 9.59. The second kappa shape index (κ2) is 3.88. The molecule has 14 heavy (non-hydrogen) atoms. The van der Waals surface area contributed by atoms with Crippen LogP contribution in [0.1, 0.15) is 0 Å². The molecule has 0 atom stereocenters. The van der Waals surface area contributed by atoms with E-state index in [1.165, 1.54) is 6.07 Å². The van der Waals surface area contributed by atoms with Gasteiger partial charge in [-0.1, -0.05) is 22.9 Å². The van der Waals surface area contributed by atoms with Crippen molar-refractivity contribution in [2.75, 3.05) is 5.73 Å². The first kappa shape index (κ1) is 11.5. The highest BCUT2D eigenvalue weighted by Gasteiger charge is 2.14. The van der Waals surface area contributed by atoms with Gasteiger partial charge in [-0.2, -0.15) is 0 Å². The van der Waals surface area contributed by atoms with Crippen LogP contribution in [0, 0.1) is 5.82 Å². The second-order valence-electron chi connectivity index (χ2n) is 2.42. The molecule has 0 bridgehead atoms. The number of nitrogen functional groups attached to an aromatic ring is 1. The lowest BCUT2D eigenvalue weighted by atomic mass is 10.3. The third-order valence-electron chi connectivity index (χ3n) is 1.56. The lowest BCUT2D eigenvalue weighted by Gasteiger charge is -1.97. The number of benzene rings is 1. The minimum absolute atomic E-state index is 0. The third kappa shape index (κ3) is 1.65. The highest BCUT2D eigenvalue weighted by Crippen LogP contribution is 2.35. The maximum Gasteiger partial charge on any atom is 0.185 e. The van der Waals surface area contributed by atoms with Gasteiger partial charge in [0.05, 0.1) is 4.70 Å². The van der Waals surface area contributed by atoms with Crippen LogP contribution in [0.3, 0.4) is 0 Å². The highest BCUT2D eigenvalue weighted by atomic mass is 79.9. The largest absolute Gasteiger partial charge is 0.505 e. The number of nitrogens with zero attached hydrogens (tertiary/aromatic N) is 1.